The van der Waals surface area contributed by atoms with Crippen molar-refractivity contribution in [2.75, 3.05) is 12.4 Å². The molecule has 0 bridgehead atoms. The predicted molar refractivity (Wildman–Crippen MR) is 120 cm³/mol. The Balaban J connectivity index is 0.00000385. The van der Waals surface area contributed by atoms with Gasteiger partial charge in [-0.25, -0.2) is 4.79 Å². The van der Waals surface area contributed by atoms with Gasteiger partial charge in [-0.2, -0.15) is 0 Å². The molecule has 0 saturated heterocycles. The normalized spacial score (nSPS) is 11.1. The maximum absolute atomic E-state index is 12.6. The molecule has 3 aromatic rings. The number of aromatic nitrogens is 1. The molecule has 8 nitrogen and oxygen atoms in total. The fraction of sp³-hybridized carbons (Fsp3) is 0.208. The van der Waals surface area contributed by atoms with Gasteiger partial charge < -0.3 is 38.1 Å². The first-order valence-electron chi connectivity index (χ1n) is 10.2. The number of aryl methyl sites for hydroxylation is 1. The van der Waals surface area contributed by atoms with E-state index in [2.05, 4.69) is 16.4 Å². The number of benzene rings is 2. The first-order chi connectivity index (χ1) is 15.4. The van der Waals surface area contributed by atoms with Crippen LogP contribution in [0, 0.1) is 0 Å². The number of nitrogens with one attached hydrogen (secondary N) is 2. The van der Waals surface area contributed by atoms with Gasteiger partial charge in [-0.1, -0.05) is 42.5 Å². The van der Waals surface area contributed by atoms with E-state index in [1.807, 2.05) is 30.3 Å². The lowest BCUT2D eigenvalue weighted by Gasteiger charge is -2.17. The second-order valence-electron chi connectivity index (χ2n) is 7.51. The van der Waals surface area contributed by atoms with Gasteiger partial charge in [-0.05, 0) is 23.3 Å². The van der Waals surface area contributed by atoms with Crippen LogP contribution >= 0.6 is 0 Å². The number of rotatable bonds is 8. The molecule has 9 heteroatoms. The number of methoxy groups -OCH3 is 1. The van der Waals surface area contributed by atoms with E-state index in [4.69, 9.17) is 4.74 Å². The third-order valence-corrected chi connectivity index (χ3v) is 4.95. The zero-order valence-corrected chi connectivity index (χ0v) is 19.3. The van der Waals surface area contributed by atoms with Gasteiger partial charge >= 0.3 is 5.97 Å². The molecule has 1 aromatic heterocycles. The van der Waals surface area contributed by atoms with E-state index in [1.165, 1.54) is 7.11 Å². The van der Waals surface area contributed by atoms with Crippen molar-refractivity contribution in [3.05, 3.63) is 83.7 Å². The molecule has 3 rings (SSSR count). The van der Waals surface area contributed by atoms with Gasteiger partial charge in [-0.3, -0.25) is 9.59 Å². The Morgan fingerprint density at radius 1 is 1.03 bits per heavy atom. The zero-order valence-electron chi connectivity index (χ0n) is 18.5. The third kappa shape index (κ3) is 7.20. The third-order valence-electron chi connectivity index (χ3n) is 4.95. The molecule has 0 aliphatic rings. The highest BCUT2D eigenvalue weighted by molar-refractivity contribution is 6.03. The van der Waals surface area contributed by atoms with Crippen LogP contribution in [0.5, 0.6) is 0 Å². The molecule has 0 saturated carbocycles. The second-order valence-corrected chi connectivity index (χ2v) is 7.51. The summed E-state index contributed by atoms with van der Waals surface area (Å²) in [6, 6.07) is 17.4. The first-order valence-corrected chi connectivity index (χ1v) is 10.2. The van der Waals surface area contributed by atoms with Crippen LogP contribution in [0.1, 0.15) is 21.6 Å². The molecule has 1 heterocycles. The van der Waals surface area contributed by atoms with Crippen molar-refractivity contribution in [2.24, 2.45) is 7.05 Å². The summed E-state index contributed by atoms with van der Waals surface area (Å²) in [6.07, 6.45) is 2.16. The lowest BCUT2D eigenvalue weighted by molar-refractivity contribution is -0.254. The van der Waals surface area contributed by atoms with E-state index in [0.717, 1.165) is 11.3 Å². The van der Waals surface area contributed by atoms with Crippen LogP contribution in [-0.4, -0.2) is 35.5 Å². The number of carbonyl (C=O) groups excluding carboxylic acids is 3. The number of ether oxygens (including phenoxy) is 1. The molecule has 1 unspecified atom stereocenters. The molecule has 0 fully saturated rings. The Morgan fingerprint density at radius 2 is 1.73 bits per heavy atom. The van der Waals surface area contributed by atoms with Crippen LogP contribution < -0.4 is 28.8 Å². The number of nitrogens with zero attached hydrogens (tertiary/aromatic N) is 1. The molecular weight excluding hydrogens is 444 g/mol. The van der Waals surface area contributed by atoms with Gasteiger partial charge in [0.2, 0.25) is 5.91 Å². The molecule has 0 aliphatic heterocycles. The van der Waals surface area contributed by atoms with Crippen LogP contribution in [0.4, 0.5) is 11.4 Å². The summed E-state index contributed by atoms with van der Waals surface area (Å²) in [4.78, 5) is 37.3. The first kappa shape index (κ1) is 25.6. The van der Waals surface area contributed by atoms with Crippen LogP contribution in [0.25, 0.3) is 0 Å². The summed E-state index contributed by atoms with van der Waals surface area (Å²) in [5.41, 5.74) is 7.25. The summed E-state index contributed by atoms with van der Waals surface area (Å²) < 4.78 is 6.55. The van der Waals surface area contributed by atoms with Crippen LogP contribution in [0.2, 0.25) is 0 Å². The van der Waals surface area contributed by atoms with E-state index < -0.39 is 12.0 Å². The molecule has 33 heavy (non-hydrogen) atoms. The lowest BCUT2D eigenvalue weighted by Crippen LogP contribution is -3.00. The fourth-order valence-electron chi connectivity index (χ4n) is 3.43. The number of hydrogen-bond acceptors (Lipinski definition) is 4. The van der Waals surface area contributed by atoms with Gasteiger partial charge in [0.1, 0.15) is 17.4 Å². The van der Waals surface area contributed by atoms with Crippen molar-refractivity contribution in [1.29, 1.82) is 0 Å². The average Bonchev–Trinajstić information content (AvgIpc) is 3.11. The topological polar surface area (TPSA) is 117 Å². The predicted octanol–water partition coefficient (Wildman–Crippen LogP) is -1.40. The summed E-state index contributed by atoms with van der Waals surface area (Å²) in [5.74, 6) is -1.09. The van der Waals surface area contributed by atoms with Crippen molar-refractivity contribution >= 4 is 29.2 Å². The zero-order chi connectivity index (χ0) is 23.1. The number of halogens is 1. The monoisotopic (exact) mass is 470 g/mol. The van der Waals surface area contributed by atoms with Crippen molar-refractivity contribution < 1.29 is 37.3 Å². The van der Waals surface area contributed by atoms with E-state index in [1.54, 1.807) is 48.1 Å². The van der Waals surface area contributed by atoms with E-state index in [-0.39, 0.29) is 30.6 Å². The molecular formula is C24H27ClN4O4. The van der Waals surface area contributed by atoms with Crippen molar-refractivity contribution in [2.45, 2.75) is 18.9 Å². The Kier molecular flexibility index (Phi) is 9.20. The summed E-state index contributed by atoms with van der Waals surface area (Å²) >= 11 is 0. The second kappa shape index (κ2) is 11.8. The summed E-state index contributed by atoms with van der Waals surface area (Å²) in [7, 11) is 3.07. The number of esters is 1. The van der Waals surface area contributed by atoms with Crippen LogP contribution in [0.15, 0.2) is 66.9 Å². The highest BCUT2D eigenvalue weighted by Gasteiger charge is 2.22. The van der Waals surface area contributed by atoms with Gasteiger partial charge in [0.15, 0.2) is 0 Å². The molecule has 1 atom stereocenters. The fourth-order valence-corrected chi connectivity index (χ4v) is 3.43. The molecule has 2 aromatic carbocycles. The highest BCUT2D eigenvalue weighted by Crippen LogP contribution is 2.15. The van der Waals surface area contributed by atoms with E-state index >= 15 is 0 Å². The molecule has 174 valence electrons. The van der Waals surface area contributed by atoms with Gasteiger partial charge in [-0.15, -0.1) is 0 Å². The minimum atomic E-state index is -0.785. The van der Waals surface area contributed by atoms with Crippen LogP contribution in [-0.2, 0) is 34.2 Å². The minimum absolute atomic E-state index is 0. The summed E-state index contributed by atoms with van der Waals surface area (Å²) in [6.45, 7) is 0. The Hall–Kier alpha value is -3.62. The summed E-state index contributed by atoms with van der Waals surface area (Å²) in [5, 5.41) is 5.58. The molecule has 5 N–H and O–H groups in total. The Bertz CT molecular complexity index is 1110. The van der Waals surface area contributed by atoms with Gasteiger partial charge in [0.25, 0.3) is 5.91 Å². The molecule has 0 aliphatic carbocycles. The van der Waals surface area contributed by atoms with Crippen molar-refractivity contribution in [1.82, 2.24) is 9.88 Å². The maximum Gasteiger partial charge on any atom is 0.328 e. The quantitative estimate of drug-likeness (QED) is 0.351. The number of anilines is 1. The lowest BCUT2D eigenvalue weighted by atomic mass is 10.1. The Labute approximate surface area is 198 Å². The van der Waals surface area contributed by atoms with E-state index in [0.29, 0.717) is 23.4 Å². The number of hydrogen-bond donors (Lipinski definition) is 3. The molecule has 0 radical (unpaired) electrons. The van der Waals surface area contributed by atoms with Crippen LogP contribution in [0.3, 0.4) is 0 Å². The maximum atomic E-state index is 12.6. The average molecular weight is 471 g/mol. The standard InChI is InChI=1S/C24H26N4O4.ClH/c1-28-15-18(25)14-21(28)23(30)26-19-10-6-9-17(11-19)13-22(29)27-20(24(31)32-2)12-16-7-4-3-5-8-16;/h3-11,14-15,20H,12-13,25H2,1-2H3,(H,26,30)(H,27,29);1H. The number of carbonyl (C=O) groups is 3. The number of amides is 2. The smallest absolute Gasteiger partial charge is 0.328 e. The number of quaternary nitrogens is 1. The van der Waals surface area contributed by atoms with Crippen molar-refractivity contribution in [3.63, 3.8) is 0 Å². The largest absolute Gasteiger partial charge is 1.00 e. The van der Waals surface area contributed by atoms with Gasteiger partial charge in [0, 0.05) is 25.2 Å². The Morgan fingerprint density at radius 3 is 2.36 bits per heavy atom. The minimum Gasteiger partial charge on any atom is -1.00 e. The SMILES string of the molecule is COC(=O)C(Cc1ccccc1)NC(=O)Cc1cccc(NC(=O)c2cc([NH3+])cn2C)c1.[Cl-]. The van der Waals surface area contributed by atoms with E-state index in [9.17, 15) is 14.4 Å². The molecule has 0 spiro atoms. The van der Waals surface area contributed by atoms with Crippen molar-refractivity contribution in [3.8, 4) is 0 Å². The van der Waals surface area contributed by atoms with Gasteiger partial charge in [0.05, 0.1) is 19.7 Å². The molecule has 2 amide bonds. The highest BCUT2D eigenvalue weighted by atomic mass is 35.5.